The molecule has 3 rings (SSSR count). The number of thiocarbonyl (C=S) groups is 1. The fourth-order valence-corrected chi connectivity index (χ4v) is 3.38. The molecule has 1 aromatic heterocycles. The topological polar surface area (TPSA) is 36.1 Å². The first kappa shape index (κ1) is 20.6. The van der Waals surface area contributed by atoms with E-state index in [0.717, 1.165) is 11.3 Å². The molecule has 2 N–H and O–H groups in total. The Bertz CT molecular complexity index is 1070. The zero-order valence-electron chi connectivity index (χ0n) is 14.8. The molecule has 0 amide bonds. The van der Waals surface area contributed by atoms with Gasteiger partial charge in [0.1, 0.15) is 0 Å². The lowest BCUT2D eigenvalue weighted by Gasteiger charge is -2.13. The maximum atomic E-state index is 11.0. The van der Waals surface area contributed by atoms with E-state index in [1.807, 2.05) is 37.3 Å². The summed E-state index contributed by atoms with van der Waals surface area (Å²) < 4.78 is 1.73. The molecule has 0 bridgehead atoms. The number of aromatic nitrogens is 1. The van der Waals surface area contributed by atoms with Gasteiger partial charge in [0, 0.05) is 28.4 Å². The predicted molar refractivity (Wildman–Crippen MR) is 121 cm³/mol. The predicted octanol–water partition coefficient (Wildman–Crippen LogP) is 6.57. The maximum absolute atomic E-state index is 11.0. The molecule has 0 saturated heterocycles. The number of benzene rings is 2. The first-order chi connectivity index (χ1) is 13.4. The van der Waals surface area contributed by atoms with Crippen LogP contribution in [-0.4, -0.2) is 10.1 Å². The summed E-state index contributed by atoms with van der Waals surface area (Å²) in [6.45, 7) is 1.89. The van der Waals surface area contributed by atoms with Crippen molar-refractivity contribution in [1.82, 2.24) is 0 Å². The molecule has 2 aromatic carbocycles. The van der Waals surface area contributed by atoms with Gasteiger partial charge in [-0.2, -0.15) is 4.57 Å². The lowest BCUT2D eigenvalue weighted by molar-refractivity contribution is -0.575. The van der Waals surface area contributed by atoms with E-state index < -0.39 is 0 Å². The smallest absolute Gasteiger partial charge is 0.288 e. The molecule has 3 nitrogen and oxygen atoms in total. The zero-order valence-corrected chi connectivity index (χ0v) is 17.9. The highest BCUT2D eigenvalue weighted by Gasteiger charge is 2.24. The lowest BCUT2D eigenvalue weighted by Crippen LogP contribution is -2.38. The summed E-state index contributed by atoms with van der Waals surface area (Å²) in [5.74, 6) is -0.0352. The Hall–Kier alpha value is -2.11. The van der Waals surface area contributed by atoms with Crippen molar-refractivity contribution in [1.29, 1.82) is 0 Å². The molecule has 0 saturated carbocycles. The Balaban J connectivity index is 2.10. The summed E-state index contributed by atoms with van der Waals surface area (Å²) in [7, 11) is 0. The molecule has 7 heteroatoms. The monoisotopic (exact) mass is 449 g/mol. The quantitative estimate of drug-likeness (QED) is 0.204. The third-order valence-electron chi connectivity index (χ3n) is 4.12. The highest BCUT2D eigenvalue weighted by molar-refractivity contribution is 7.81. The van der Waals surface area contributed by atoms with Gasteiger partial charge >= 0.3 is 0 Å². The largest absolute Gasteiger partial charge is 0.502 e. The number of anilines is 1. The fourth-order valence-electron chi connectivity index (χ4n) is 2.60. The van der Waals surface area contributed by atoms with E-state index in [4.69, 9.17) is 47.0 Å². The molecule has 0 aliphatic rings. The SMILES string of the molecule is Cc1c(Cl)cccc1NC(=S)/C(=C(\O)c1ccc(Cl)c(Cl)c1)[n+]1ccccc1. The minimum absolute atomic E-state index is 0.0352. The number of nitrogens with zero attached hydrogens (tertiary/aromatic N) is 1. The Morgan fingerprint density at radius 2 is 1.64 bits per heavy atom. The van der Waals surface area contributed by atoms with Crippen molar-refractivity contribution >= 4 is 69.2 Å². The van der Waals surface area contributed by atoms with E-state index in [-0.39, 0.29) is 5.76 Å². The van der Waals surface area contributed by atoms with Crippen LogP contribution in [-0.2, 0) is 0 Å². The van der Waals surface area contributed by atoms with Gasteiger partial charge in [-0.15, -0.1) is 0 Å². The lowest BCUT2D eigenvalue weighted by atomic mass is 10.1. The van der Waals surface area contributed by atoms with E-state index in [1.165, 1.54) is 0 Å². The number of aliphatic hydroxyl groups excluding tert-OH is 1. The van der Waals surface area contributed by atoms with Crippen LogP contribution in [0.4, 0.5) is 5.69 Å². The van der Waals surface area contributed by atoms with Gasteiger partial charge in [0.25, 0.3) is 5.70 Å². The number of nitrogens with one attached hydrogen (secondary N) is 1. The van der Waals surface area contributed by atoms with Gasteiger partial charge in [0.05, 0.1) is 10.0 Å². The first-order valence-electron chi connectivity index (χ1n) is 8.30. The summed E-state index contributed by atoms with van der Waals surface area (Å²) in [5, 5.41) is 15.6. The average molecular weight is 451 g/mol. The van der Waals surface area contributed by atoms with E-state index >= 15 is 0 Å². The van der Waals surface area contributed by atoms with Crippen LogP contribution in [0.3, 0.4) is 0 Å². The van der Waals surface area contributed by atoms with Crippen molar-refractivity contribution in [3.8, 4) is 0 Å². The van der Waals surface area contributed by atoms with Crippen LogP contribution >= 0.6 is 47.0 Å². The van der Waals surface area contributed by atoms with Gasteiger partial charge in [-0.05, 0) is 42.8 Å². The number of pyridine rings is 1. The van der Waals surface area contributed by atoms with E-state index in [9.17, 15) is 5.11 Å². The Morgan fingerprint density at radius 3 is 2.32 bits per heavy atom. The van der Waals surface area contributed by atoms with Crippen molar-refractivity contribution in [2.24, 2.45) is 0 Å². The van der Waals surface area contributed by atoms with Crippen LogP contribution in [0.15, 0.2) is 67.0 Å². The van der Waals surface area contributed by atoms with Crippen molar-refractivity contribution in [2.45, 2.75) is 6.92 Å². The molecule has 0 radical (unpaired) electrons. The van der Waals surface area contributed by atoms with Crippen molar-refractivity contribution < 1.29 is 9.67 Å². The number of hydrogen-bond acceptors (Lipinski definition) is 2. The number of rotatable bonds is 4. The van der Waals surface area contributed by atoms with Gasteiger partial charge in [-0.1, -0.05) is 59.2 Å². The Kier molecular flexibility index (Phi) is 6.57. The van der Waals surface area contributed by atoms with Gasteiger partial charge in [-0.25, -0.2) is 0 Å². The highest BCUT2D eigenvalue weighted by atomic mass is 35.5. The summed E-state index contributed by atoms with van der Waals surface area (Å²) >= 11 is 24.0. The van der Waals surface area contributed by atoms with Crippen LogP contribution < -0.4 is 9.88 Å². The minimum Gasteiger partial charge on any atom is -0.502 e. The molecule has 0 spiro atoms. The molecule has 28 heavy (non-hydrogen) atoms. The van der Waals surface area contributed by atoms with Crippen LogP contribution in [0.5, 0.6) is 0 Å². The number of halogens is 3. The molecular weight excluding hydrogens is 435 g/mol. The standard InChI is InChI=1S/C21H15Cl3N2OS/c1-13-15(22)6-5-7-18(13)25-21(28)19(26-10-3-2-4-11-26)20(27)14-8-9-16(23)17(24)12-14/h2-12H,1H3,(H-,25,27,28)/p+1. The van der Waals surface area contributed by atoms with Crippen LogP contribution in [0, 0.1) is 6.92 Å². The molecule has 0 aliphatic carbocycles. The number of hydrogen-bond donors (Lipinski definition) is 2. The van der Waals surface area contributed by atoms with Gasteiger partial charge in [-0.3, -0.25) is 0 Å². The van der Waals surface area contributed by atoms with Crippen LogP contribution in [0.2, 0.25) is 15.1 Å². The second-order valence-electron chi connectivity index (χ2n) is 5.98. The molecule has 3 aromatic rings. The van der Waals surface area contributed by atoms with Crippen molar-refractivity contribution in [2.75, 3.05) is 5.32 Å². The van der Waals surface area contributed by atoms with Gasteiger partial charge in [0.15, 0.2) is 23.1 Å². The molecule has 0 aliphatic heterocycles. The average Bonchev–Trinajstić information content (AvgIpc) is 2.68. The second kappa shape index (κ2) is 8.93. The van der Waals surface area contributed by atoms with Crippen LogP contribution in [0.1, 0.15) is 11.1 Å². The summed E-state index contributed by atoms with van der Waals surface area (Å²) in [6, 6.07) is 16.0. The number of aliphatic hydroxyl groups is 1. The Labute approximate surface area is 183 Å². The summed E-state index contributed by atoms with van der Waals surface area (Å²) in [6.07, 6.45) is 3.59. The molecular formula is C21H16Cl3N2OS+. The van der Waals surface area contributed by atoms with Crippen molar-refractivity contribution in [3.63, 3.8) is 0 Å². The van der Waals surface area contributed by atoms with Crippen molar-refractivity contribution in [3.05, 3.63) is 93.2 Å². The van der Waals surface area contributed by atoms with E-state index in [2.05, 4.69) is 5.32 Å². The normalized spacial score (nSPS) is 11.7. The van der Waals surface area contributed by atoms with E-state index in [0.29, 0.717) is 31.3 Å². The third kappa shape index (κ3) is 4.47. The second-order valence-corrected chi connectivity index (χ2v) is 7.61. The minimum atomic E-state index is -0.0352. The molecule has 142 valence electrons. The van der Waals surface area contributed by atoms with Crippen LogP contribution in [0.25, 0.3) is 11.5 Å². The van der Waals surface area contributed by atoms with Gasteiger partial charge in [0.2, 0.25) is 0 Å². The maximum Gasteiger partial charge on any atom is 0.288 e. The molecule has 0 fully saturated rings. The molecule has 0 atom stereocenters. The third-order valence-corrected chi connectivity index (χ3v) is 5.57. The Morgan fingerprint density at radius 1 is 0.929 bits per heavy atom. The van der Waals surface area contributed by atoms with E-state index in [1.54, 1.807) is 41.2 Å². The molecule has 1 heterocycles. The fraction of sp³-hybridized carbons (Fsp3) is 0.0476. The highest BCUT2D eigenvalue weighted by Crippen LogP contribution is 2.28. The first-order valence-corrected chi connectivity index (χ1v) is 9.84. The summed E-state index contributed by atoms with van der Waals surface area (Å²) in [5.41, 5.74) is 2.51. The molecule has 0 unspecified atom stereocenters. The van der Waals surface area contributed by atoms with Gasteiger partial charge < -0.3 is 10.4 Å². The summed E-state index contributed by atoms with van der Waals surface area (Å²) in [4.78, 5) is 0.324. The zero-order chi connectivity index (χ0) is 20.3.